The molecule has 7 aliphatic heterocycles. The van der Waals surface area contributed by atoms with E-state index in [2.05, 4.69) is 22.9 Å². The van der Waals surface area contributed by atoms with E-state index < -0.39 is 58.7 Å². The van der Waals surface area contributed by atoms with Crippen LogP contribution in [-0.2, 0) is 32.6 Å². The Labute approximate surface area is 357 Å². The summed E-state index contributed by atoms with van der Waals surface area (Å²) in [7, 11) is 1.45. The molecule has 5 N–H and O–H groups in total. The molecule has 3 unspecified atom stereocenters. The number of benzene rings is 3. The van der Waals surface area contributed by atoms with Crippen LogP contribution in [-0.4, -0.2) is 95.4 Å². The lowest BCUT2D eigenvalue weighted by molar-refractivity contribution is -0.158. The minimum atomic E-state index is -1.44. The summed E-state index contributed by atoms with van der Waals surface area (Å²) in [6.07, 6.45) is 1.37. The van der Waals surface area contributed by atoms with Gasteiger partial charge in [-0.05, 0) is 82.3 Å². The molecule has 0 amide bonds. The second-order valence-corrected chi connectivity index (χ2v) is 18.2. The van der Waals surface area contributed by atoms with Gasteiger partial charge < -0.3 is 43.4 Å². The van der Waals surface area contributed by atoms with Crippen molar-refractivity contribution in [3.05, 3.63) is 69.3 Å². The predicted molar refractivity (Wildman–Crippen MR) is 222 cm³/mol. The van der Waals surface area contributed by atoms with E-state index in [1.54, 1.807) is 44.0 Å². The Kier molecular flexibility index (Phi) is 10.0. The zero-order valence-corrected chi connectivity index (χ0v) is 35.6. The average Bonchev–Trinajstić information content (AvgIpc) is 3.71. The molecular formula is C44H49N5O11S. The normalized spacial score (nSPS) is 27.4. The van der Waals surface area contributed by atoms with Crippen molar-refractivity contribution in [2.24, 2.45) is 5.84 Å². The lowest BCUT2D eigenvalue weighted by Gasteiger charge is -2.61. The van der Waals surface area contributed by atoms with Crippen LogP contribution in [0.3, 0.4) is 0 Å². The molecule has 0 radical (unpaired) electrons. The van der Waals surface area contributed by atoms with Crippen molar-refractivity contribution in [1.82, 2.24) is 15.2 Å². The number of carbonyl (C=O) groups is 2. The summed E-state index contributed by atoms with van der Waals surface area (Å²) in [5.74, 6) is 8.00. The molecule has 61 heavy (non-hydrogen) atoms. The molecule has 0 aliphatic carbocycles. The van der Waals surface area contributed by atoms with Crippen molar-refractivity contribution in [3.8, 4) is 46.3 Å². The average molecular weight is 856 g/mol. The van der Waals surface area contributed by atoms with Crippen molar-refractivity contribution in [2.75, 3.05) is 39.4 Å². The van der Waals surface area contributed by atoms with Crippen LogP contribution < -0.4 is 34.8 Å². The summed E-state index contributed by atoms with van der Waals surface area (Å²) in [5, 5.41) is 38.9. The van der Waals surface area contributed by atoms with Crippen LogP contribution in [0.1, 0.15) is 89.5 Å². The fraction of sp³-hybridized carbons (Fsp3) is 0.477. The molecule has 17 heteroatoms. The number of phenols is 2. The zero-order valence-electron chi connectivity index (χ0n) is 34.8. The molecule has 10 rings (SSSR count). The number of phenolic OH excluding ortho intramolecular Hbond substituents is 2. The molecule has 1 spiro atoms. The fourth-order valence-electron chi connectivity index (χ4n) is 10.2. The van der Waals surface area contributed by atoms with Crippen LogP contribution in [0.15, 0.2) is 24.8 Å². The van der Waals surface area contributed by atoms with Crippen molar-refractivity contribution < 1.29 is 53.0 Å². The Morgan fingerprint density at radius 2 is 1.90 bits per heavy atom. The Bertz CT molecular complexity index is 2410. The number of piperazine rings is 1. The number of rotatable bonds is 5. The number of hydrazine groups is 1. The van der Waals surface area contributed by atoms with Crippen molar-refractivity contribution in [3.63, 3.8) is 0 Å². The quantitative estimate of drug-likeness (QED) is 0.111. The van der Waals surface area contributed by atoms with Crippen LogP contribution in [0, 0.1) is 18.3 Å². The van der Waals surface area contributed by atoms with E-state index in [0.717, 1.165) is 22.3 Å². The number of thioether (sulfide) groups is 1. The first kappa shape index (κ1) is 41.0. The van der Waals surface area contributed by atoms with Crippen LogP contribution >= 0.6 is 11.8 Å². The summed E-state index contributed by atoms with van der Waals surface area (Å²) in [5.41, 5.74) is 2.87. The van der Waals surface area contributed by atoms with Crippen LogP contribution in [0.4, 0.5) is 4.79 Å². The van der Waals surface area contributed by atoms with Gasteiger partial charge in [0.2, 0.25) is 6.79 Å². The standard InChI is InChI=1S/C44H49N5O11S/c1-8-21-12-23-13-25-26(16-45)48-27-17-56-41(52)44(24-15-28(54-7)29(14-22(24)10-11-47-44)59-42(53)60-43(4,5)6)18-61-40(34(48)33(49(25)46)30(23)36(51)35(21)50)32-31(27)39-38(57-19-58-39)20(3)37(32)55-9-2/h8,12,14-15,25-27,33-34,40,47,50-51H,1,9-11,13,17-19,46H2,2-7H3/t25-,26-,27?,33?,34?,40+,44+/m0/s1. The molecule has 322 valence electrons. The van der Waals surface area contributed by atoms with E-state index in [-0.39, 0.29) is 48.6 Å². The second kappa shape index (κ2) is 14.9. The molecule has 16 nitrogen and oxygen atoms in total. The zero-order chi connectivity index (χ0) is 43.3. The monoisotopic (exact) mass is 855 g/mol. The number of nitrogens with two attached hydrogens (primary N) is 1. The maximum absolute atomic E-state index is 15.0. The summed E-state index contributed by atoms with van der Waals surface area (Å²) in [4.78, 5) is 29.9. The number of methoxy groups -OCH3 is 1. The number of esters is 1. The molecule has 4 bridgehead atoms. The van der Waals surface area contributed by atoms with Gasteiger partial charge in [0.25, 0.3) is 0 Å². The van der Waals surface area contributed by atoms with Gasteiger partial charge in [0.15, 0.2) is 40.0 Å². The first-order valence-corrected chi connectivity index (χ1v) is 21.4. The van der Waals surface area contributed by atoms with E-state index in [0.29, 0.717) is 59.1 Å². The van der Waals surface area contributed by atoms with Crippen molar-refractivity contribution in [1.29, 1.82) is 5.26 Å². The minimum absolute atomic E-state index is 0.0348. The number of hydrogen-bond donors (Lipinski definition) is 4. The summed E-state index contributed by atoms with van der Waals surface area (Å²) in [6.45, 7) is 13.3. The SMILES string of the molecule is C=Cc1cc2c(c(O)c1O)C1C3[C@@H]4SC[C@]5(NCCc6cc(OC(=O)OC(C)(C)C)c(OC)cc65)C(=O)OCC(c5c6c(c(C)c(OCC)c54)OCO6)N3[C@@H](C#N)[C@H](C2)N1N. The number of fused-ring (bicyclic) bond motifs is 9. The van der Waals surface area contributed by atoms with Gasteiger partial charge in [-0.1, -0.05) is 12.7 Å². The number of hydrogen-bond acceptors (Lipinski definition) is 17. The number of carbonyl (C=O) groups excluding carboxylic acids is 2. The molecule has 7 atom stereocenters. The largest absolute Gasteiger partial charge is 0.514 e. The molecule has 2 fully saturated rings. The Balaban J connectivity index is 1.26. The van der Waals surface area contributed by atoms with Gasteiger partial charge in [0, 0.05) is 46.2 Å². The molecule has 3 aromatic carbocycles. The summed E-state index contributed by atoms with van der Waals surface area (Å²) >= 11 is 1.46. The maximum atomic E-state index is 15.0. The summed E-state index contributed by atoms with van der Waals surface area (Å²) in [6, 6.07) is 4.19. The maximum Gasteiger partial charge on any atom is 0.514 e. The molecule has 0 saturated carbocycles. The summed E-state index contributed by atoms with van der Waals surface area (Å²) < 4.78 is 42.2. The highest BCUT2D eigenvalue weighted by atomic mass is 32.2. The number of nitrogens with one attached hydrogen (secondary N) is 1. The van der Waals surface area contributed by atoms with Crippen molar-refractivity contribution in [2.45, 2.75) is 94.1 Å². The van der Waals surface area contributed by atoms with Gasteiger partial charge in [-0.25, -0.2) is 14.6 Å². The highest BCUT2D eigenvalue weighted by Crippen LogP contribution is 2.64. The molecule has 7 heterocycles. The van der Waals surface area contributed by atoms with Gasteiger partial charge in [-0.2, -0.15) is 5.26 Å². The third-order valence-electron chi connectivity index (χ3n) is 12.7. The molecule has 7 aliphatic rings. The number of aromatic hydroxyl groups is 2. The van der Waals surface area contributed by atoms with Gasteiger partial charge in [-0.15, -0.1) is 11.8 Å². The Morgan fingerprint density at radius 3 is 2.61 bits per heavy atom. The van der Waals surface area contributed by atoms with E-state index in [1.807, 2.05) is 13.8 Å². The van der Waals surface area contributed by atoms with Gasteiger partial charge in [-0.3, -0.25) is 16.1 Å². The number of nitrogens with zero attached hydrogens (tertiary/aromatic N) is 3. The lowest BCUT2D eigenvalue weighted by Crippen LogP contribution is -2.71. The van der Waals surface area contributed by atoms with Gasteiger partial charge >= 0.3 is 12.1 Å². The van der Waals surface area contributed by atoms with E-state index in [9.17, 15) is 25.1 Å². The van der Waals surface area contributed by atoms with Gasteiger partial charge in [0.05, 0.1) is 43.2 Å². The van der Waals surface area contributed by atoms with Crippen LogP contribution in [0.25, 0.3) is 6.08 Å². The third-order valence-corrected chi connectivity index (χ3v) is 14.1. The highest BCUT2D eigenvalue weighted by Gasteiger charge is 2.62. The first-order chi connectivity index (χ1) is 29.2. The fourth-order valence-corrected chi connectivity index (χ4v) is 11.9. The number of nitriles is 1. The highest BCUT2D eigenvalue weighted by molar-refractivity contribution is 7.99. The smallest absolute Gasteiger partial charge is 0.504 e. The molecular weight excluding hydrogens is 807 g/mol. The minimum Gasteiger partial charge on any atom is -0.504 e. The Morgan fingerprint density at radius 1 is 1.13 bits per heavy atom. The topological polar surface area (TPSA) is 208 Å². The first-order valence-electron chi connectivity index (χ1n) is 20.3. The second-order valence-electron chi connectivity index (χ2n) is 17.0. The third kappa shape index (κ3) is 6.17. The van der Waals surface area contributed by atoms with Crippen LogP contribution in [0.5, 0.6) is 40.2 Å². The number of ether oxygens (including phenoxy) is 7. The predicted octanol–water partition coefficient (Wildman–Crippen LogP) is 5.34. The van der Waals surface area contributed by atoms with Crippen molar-refractivity contribution >= 4 is 30.0 Å². The van der Waals surface area contributed by atoms with Gasteiger partial charge in [0.1, 0.15) is 24.0 Å². The molecule has 2 saturated heterocycles. The molecule has 0 aromatic heterocycles. The van der Waals surface area contributed by atoms with E-state index >= 15 is 0 Å². The Hall–Kier alpha value is -5.38. The lowest BCUT2D eigenvalue weighted by atomic mass is 9.72. The van der Waals surface area contributed by atoms with E-state index in [4.69, 9.17) is 39.0 Å². The van der Waals surface area contributed by atoms with Crippen LogP contribution in [0.2, 0.25) is 0 Å². The van der Waals surface area contributed by atoms with E-state index in [1.165, 1.54) is 24.9 Å². The molecule has 3 aromatic rings.